The Labute approximate surface area is 124 Å². The highest BCUT2D eigenvalue weighted by atomic mass is 32.2. The number of para-hydroxylation sites is 1. The van der Waals surface area contributed by atoms with E-state index in [4.69, 9.17) is 4.52 Å². The Morgan fingerprint density at radius 3 is 2.57 bits per heavy atom. The highest BCUT2D eigenvalue weighted by Gasteiger charge is 2.19. The van der Waals surface area contributed by atoms with Gasteiger partial charge >= 0.3 is 0 Å². The molecule has 2 aromatic rings. The Kier molecular flexibility index (Phi) is 4.64. The average molecular weight is 309 g/mol. The van der Waals surface area contributed by atoms with E-state index in [-0.39, 0.29) is 11.4 Å². The fraction of sp³-hybridized carbons (Fsp3) is 0.357. The quantitative estimate of drug-likeness (QED) is 0.854. The number of nitrogens with one attached hydrogen (secondary N) is 2. The van der Waals surface area contributed by atoms with Crippen LogP contribution in [-0.4, -0.2) is 20.1 Å². The van der Waals surface area contributed by atoms with Gasteiger partial charge in [-0.3, -0.25) is 0 Å². The molecule has 0 bridgehead atoms. The Bertz CT molecular complexity index is 703. The molecule has 21 heavy (non-hydrogen) atoms. The molecule has 0 saturated carbocycles. The van der Waals surface area contributed by atoms with Crippen LogP contribution in [0.15, 0.2) is 33.7 Å². The largest absolute Gasteiger partial charge is 0.384 e. The first-order chi connectivity index (χ1) is 9.95. The molecular weight excluding hydrogens is 290 g/mol. The summed E-state index contributed by atoms with van der Waals surface area (Å²) in [6.45, 7) is 6.27. The molecule has 114 valence electrons. The van der Waals surface area contributed by atoms with Crippen LogP contribution in [0.5, 0.6) is 0 Å². The Morgan fingerprint density at radius 2 is 1.95 bits per heavy atom. The van der Waals surface area contributed by atoms with Crippen LogP contribution < -0.4 is 10.0 Å². The molecule has 0 aliphatic rings. The van der Waals surface area contributed by atoms with Crippen LogP contribution in [0.1, 0.15) is 23.9 Å². The number of benzene rings is 1. The van der Waals surface area contributed by atoms with Gasteiger partial charge in [-0.2, -0.15) is 0 Å². The summed E-state index contributed by atoms with van der Waals surface area (Å²) in [5, 5.41) is 6.86. The standard InChI is InChI=1S/C14H19N3O3S/c1-4-15-13-7-5-6-8-14(13)21(18,19)16-9-12-10(2)17-20-11(12)3/h5-8,15-16H,4,9H2,1-3H3. The van der Waals surface area contributed by atoms with Crippen molar-refractivity contribution in [2.75, 3.05) is 11.9 Å². The second-order valence-corrected chi connectivity index (χ2v) is 6.39. The number of hydrogen-bond acceptors (Lipinski definition) is 5. The van der Waals surface area contributed by atoms with Gasteiger partial charge in [0, 0.05) is 18.7 Å². The number of rotatable bonds is 6. The monoisotopic (exact) mass is 309 g/mol. The first-order valence-electron chi connectivity index (χ1n) is 6.70. The highest BCUT2D eigenvalue weighted by molar-refractivity contribution is 7.89. The zero-order chi connectivity index (χ0) is 15.5. The van der Waals surface area contributed by atoms with E-state index in [0.29, 0.717) is 23.7 Å². The topological polar surface area (TPSA) is 84.2 Å². The van der Waals surface area contributed by atoms with E-state index in [0.717, 1.165) is 5.56 Å². The van der Waals surface area contributed by atoms with Gasteiger partial charge in [-0.25, -0.2) is 13.1 Å². The second kappa shape index (κ2) is 6.28. The summed E-state index contributed by atoms with van der Waals surface area (Å²) < 4.78 is 32.5. The lowest BCUT2D eigenvalue weighted by Crippen LogP contribution is -2.24. The van der Waals surface area contributed by atoms with E-state index >= 15 is 0 Å². The summed E-state index contributed by atoms with van der Waals surface area (Å²) in [6.07, 6.45) is 0. The van der Waals surface area contributed by atoms with Crippen LogP contribution in [0.2, 0.25) is 0 Å². The van der Waals surface area contributed by atoms with Gasteiger partial charge in [0.2, 0.25) is 10.0 Å². The summed E-state index contributed by atoms with van der Waals surface area (Å²) in [7, 11) is -3.60. The number of aryl methyl sites for hydroxylation is 2. The van der Waals surface area contributed by atoms with Gasteiger partial charge in [0.1, 0.15) is 10.7 Å². The van der Waals surface area contributed by atoms with Crippen molar-refractivity contribution in [1.82, 2.24) is 9.88 Å². The molecule has 1 heterocycles. The summed E-state index contributed by atoms with van der Waals surface area (Å²) in [4.78, 5) is 0.235. The molecule has 1 aromatic carbocycles. The molecule has 0 spiro atoms. The summed E-state index contributed by atoms with van der Waals surface area (Å²) in [5.41, 5.74) is 2.04. The lowest BCUT2D eigenvalue weighted by atomic mass is 10.2. The Hall–Kier alpha value is -1.86. The number of sulfonamides is 1. The van der Waals surface area contributed by atoms with Gasteiger partial charge in [0.15, 0.2) is 0 Å². The highest BCUT2D eigenvalue weighted by Crippen LogP contribution is 2.21. The van der Waals surface area contributed by atoms with Gasteiger partial charge in [0.25, 0.3) is 0 Å². The third-order valence-corrected chi connectivity index (χ3v) is 4.62. The van der Waals surface area contributed by atoms with Gasteiger partial charge in [-0.1, -0.05) is 17.3 Å². The van der Waals surface area contributed by atoms with Crippen molar-refractivity contribution in [2.24, 2.45) is 0 Å². The third kappa shape index (κ3) is 3.43. The van der Waals surface area contributed by atoms with Gasteiger partial charge < -0.3 is 9.84 Å². The molecule has 0 unspecified atom stereocenters. The molecule has 6 nitrogen and oxygen atoms in total. The number of hydrogen-bond donors (Lipinski definition) is 2. The van der Waals surface area contributed by atoms with Crippen LogP contribution in [-0.2, 0) is 16.6 Å². The van der Waals surface area contributed by atoms with E-state index in [9.17, 15) is 8.42 Å². The Balaban J connectivity index is 2.23. The minimum Gasteiger partial charge on any atom is -0.384 e. The fourth-order valence-corrected chi connectivity index (χ4v) is 3.21. The van der Waals surface area contributed by atoms with Crippen molar-refractivity contribution in [2.45, 2.75) is 32.2 Å². The van der Waals surface area contributed by atoms with Crippen molar-refractivity contribution in [3.05, 3.63) is 41.3 Å². The number of aromatic nitrogens is 1. The maximum atomic E-state index is 12.4. The zero-order valence-electron chi connectivity index (χ0n) is 12.3. The van der Waals surface area contributed by atoms with Crippen molar-refractivity contribution in [3.8, 4) is 0 Å². The first-order valence-corrected chi connectivity index (χ1v) is 8.18. The van der Waals surface area contributed by atoms with E-state index < -0.39 is 10.0 Å². The third-order valence-electron chi connectivity index (χ3n) is 3.16. The van der Waals surface area contributed by atoms with E-state index in [2.05, 4.69) is 15.2 Å². The van der Waals surface area contributed by atoms with E-state index in [1.165, 1.54) is 0 Å². The van der Waals surface area contributed by atoms with Gasteiger partial charge in [0.05, 0.1) is 11.4 Å². The SMILES string of the molecule is CCNc1ccccc1S(=O)(=O)NCc1c(C)noc1C. The molecule has 7 heteroatoms. The summed E-state index contributed by atoms with van der Waals surface area (Å²) >= 11 is 0. The molecule has 1 aromatic heterocycles. The minimum atomic E-state index is -3.60. The van der Waals surface area contributed by atoms with E-state index in [1.807, 2.05) is 6.92 Å². The van der Waals surface area contributed by atoms with Crippen molar-refractivity contribution < 1.29 is 12.9 Å². The molecule has 0 amide bonds. The molecular formula is C14H19N3O3S. The normalized spacial score (nSPS) is 11.6. The van der Waals surface area contributed by atoms with Crippen LogP contribution >= 0.6 is 0 Å². The molecule has 0 radical (unpaired) electrons. The predicted molar refractivity (Wildman–Crippen MR) is 80.6 cm³/mol. The molecule has 0 aliphatic heterocycles. The van der Waals surface area contributed by atoms with Crippen LogP contribution in [0.4, 0.5) is 5.69 Å². The maximum Gasteiger partial charge on any atom is 0.242 e. The van der Waals surface area contributed by atoms with Crippen LogP contribution in [0, 0.1) is 13.8 Å². The lowest BCUT2D eigenvalue weighted by Gasteiger charge is -2.12. The summed E-state index contributed by atoms with van der Waals surface area (Å²) in [5.74, 6) is 0.621. The van der Waals surface area contributed by atoms with Crippen molar-refractivity contribution in [1.29, 1.82) is 0 Å². The smallest absolute Gasteiger partial charge is 0.242 e. The minimum absolute atomic E-state index is 0.157. The second-order valence-electron chi connectivity index (χ2n) is 4.65. The van der Waals surface area contributed by atoms with Crippen LogP contribution in [0.3, 0.4) is 0 Å². The van der Waals surface area contributed by atoms with Crippen LogP contribution in [0.25, 0.3) is 0 Å². The summed E-state index contributed by atoms with van der Waals surface area (Å²) in [6, 6.07) is 6.82. The first kappa shape index (κ1) is 15.5. The maximum absolute atomic E-state index is 12.4. The zero-order valence-corrected chi connectivity index (χ0v) is 13.1. The van der Waals surface area contributed by atoms with Crippen molar-refractivity contribution in [3.63, 3.8) is 0 Å². The van der Waals surface area contributed by atoms with Gasteiger partial charge in [-0.05, 0) is 32.9 Å². The molecule has 0 saturated heterocycles. The number of anilines is 1. The van der Waals surface area contributed by atoms with Gasteiger partial charge in [-0.15, -0.1) is 0 Å². The molecule has 2 N–H and O–H groups in total. The molecule has 0 fully saturated rings. The Morgan fingerprint density at radius 1 is 1.24 bits per heavy atom. The lowest BCUT2D eigenvalue weighted by molar-refractivity contribution is 0.392. The predicted octanol–water partition coefficient (Wildman–Crippen LogP) is 2.20. The molecule has 0 atom stereocenters. The molecule has 0 aliphatic carbocycles. The van der Waals surface area contributed by atoms with E-state index in [1.54, 1.807) is 38.1 Å². The van der Waals surface area contributed by atoms with Crippen molar-refractivity contribution >= 4 is 15.7 Å². The molecule has 2 rings (SSSR count). The fourth-order valence-electron chi connectivity index (χ4n) is 2.04. The average Bonchev–Trinajstić information content (AvgIpc) is 2.77. The number of nitrogens with zero attached hydrogens (tertiary/aromatic N) is 1.